The lowest BCUT2D eigenvalue weighted by molar-refractivity contribution is 0.0935. The second-order valence-corrected chi connectivity index (χ2v) is 8.02. The molecule has 1 saturated carbocycles. The number of carbonyl (C=O) groups is 2. The van der Waals surface area contributed by atoms with Crippen LogP contribution in [0.4, 0.5) is 5.00 Å². The van der Waals surface area contributed by atoms with Crippen LogP contribution in [-0.4, -0.2) is 24.4 Å². The van der Waals surface area contributed by atoms with Gasteiger partial charge in [0.15, 0.2) is 0 Å². The highest BCUT2D eigenvalue weighted by Gasteiger charge is 2.32. The molecule has 0 bridgehead atoms. The first-order valence-corrected chi connectivity index (χ1v) is 10.0. The number of fused-ring (bicyclic) bond motifs is 1. The summed E-state index contributed by atoms with van der Waals surface area (Å²) in [5, 5.41) is 8.32. The Hall–Kier alpha value is -1.89. The van der Waals surface area contributed by atoms with Crippen molar-refractivity contribution in [3.05, 3.63) is 51.9 Å². The Balaban J connectivity index is 0.00000210. The van der Waals surface area contributed by atoms with Crippen LogP contribution in [0.2, 0.25) is 0 Å². The Labute approximate surface area is 169 Å². The number of aryl methyl sites for hydroxylation is 2. The highest BCUT2D eigenvalue weighted by molar-refractivity contribution is 7.14. The lowest BCUT2D eigenvalue weighted by Crippen LogP contribution is -2.41. The van der Waals surface area contributed by atoms with Gasteiger partial charge in [-0.05, 0) is 72.7 Å². The molecule has 1 fully saturated rings. The third-order valence-corrected chi connectivity index (χ3v) is 6.09. The van der Waals surface area contributed by atoms with E-state index in [1.807, 2.05) is 23.6 Å². The van der Waals surface area contributed by atoms with E-state index >= 15 is 0 Å². The molecule has 7 heteroatoms. The molecule has 2 amide bonds. The third kappa shape index (κ3) is 4.34. The zero-order chi connectivity index (χ0) is 18.1. The largest absolute Gasteiger partial charge is 0.348 e. The first-order chi connectivity index (χ1) is 12.7. The Morgan fingerprint density at radius 2 is 1.93 bits per heavy atom. The van der Waals surface area contributed by atoms with Gasteiger partial charge >= 0.3 is 0 Å². The fourth-order valence-corrected chi connectivity index (χ4v) is 4.37. The summed E-state index contributed by atoms with van der Waals surface area (Å²) >= 11 is 1.36. The van der Waals surface area contributed by atoms with Gasteiger partial charge in [-0.1, -0.05) is 6.07 Å². The van der Waals surface area contributed by atoms with Crippen LogP contribution < -0.4 is 16.4 Å². The van der Waals surface area contributed by atoms with Gasteiger partial charge in [-0.3, -0.25) is 9.59 Å². The number of anilines is 1. The lowest BCUT2D eigenvalue weighted by Gasteiger charge is -2.16. The Kier molecular flexibility index (Phi) is 6.19. The molecule has 1 aromatic carbocycles. The number of carbonyl (C=O) groups excluding carboxylic acids is 2. The van der Waals surface area contributed by atoms with Gasteiger partial charge < -0.3 is 16.4 Å². The van der Waals surface area contributed by atoms with E-state index < -0.39 is 0 Å². The maximum Gasteiger partial charge on any atom is 0.256 e. The summed E-state index contributed by atoms with van der Waals surface area (Å²) in [6, 6.07) is 7.65. The molecular formula is C20H24ClN3O2S. The van der Waals surface area contributed by atoms with Gasteiger partial charge in [0, 0.05) is 18.2 Å². The zero-order valence-corrected chi connectivity index (χ0v) is 16.6. The maximum atomic E-state index is 12.6. The number of thiophene rings is 1. The predicted octanol–water partition coefficient (Wildman–Crippen LogP) is 3.38. The van der Waals surface area contributed by atoms with E-state index in [9.17, 15) is 9.59 Å². The van der Waals surface area contributed by atoms with Crippen molar-refractivity contribution in [2.45, 2.75) is 38.1 Å². The highest BCUT2D eigenvalue weighted by Crippen LogP contribution is 2.33. The Bertz CT molecular complexity index is 848. The lowest BCUT2D eigenvalue weighted by atomic mass is 10.1. The number of nitrogens with two attached hydrogens (primary N) is 1. The molecule has 1 atom stereocenters. The SMILES string of the molecule is Cl.NCC(NC(=O)c1ccsc1NC(=O)c1ccc2c(c1)CCC2)C1CC1. The maximum absolute atomic E-state index is 12.6. The van der Waals surface area contributed by atoms with Crippen molar-refractivity contribution in [2.24, 2.45) is 11.7 Å². The second-order valence-electron chi connectivity index (χ2n) is 7.11. The van der Waals surface area contributed by atoms with Crippen molar-refractivity contribution >= 4 is 40.6 Å². The van der Waals surface area contributed by atoms with E-state index in [2.05, 4.69) is 10.6 Å². The van der Waals surface area contributed by atoms with E-state index in [1.54, 1.807) is 6.07 Å². The molecule has 144 valence electrons. The molecule has 0 radical (unpaired) electrons. The fourth-order valence-electron chi connectivity index (χ4n) is 3.59. The van der Waals surface area contributed by atoms with E-state index in [4.69, 9.17) is 5.73 Å². The Morgan fingerprint density at radius 1 is 1.15 bits per heavy atom. The smallest absolute Gasteiger partial charge is 0.256 e. The minimum atomic E-state index is -0.172. The molecule has 0 spiro atoms. The molecule has 1 aromatic heterocycles. The average molecular weight is 406 g/mol. The molecule has 2 aromatic rings. The number of hydrogen-bond donors (Lipinski definition) is 3. The first-order valence-electron chi connectivity index (χ1n) is 9.17. The van der Waals surface area contributed by atoms with E-state index in [1.165, 1.54) is 22.5 Å². The quantitative estimate of drug-likeness (QED) is 0.688. The predicted molar refractivity (Wildman–Crippen MR) is 111 cm³/mol. The number of nitrogens with one attached hydrogen (secondary N) is 2. The normalized spacial score (nSPS) is 16.2. The van der Waals surface area contributed by atoms with Crippen LogP contribution in [0.3, 0.4) is 0 Å². The molecule has 1 unspecified atom stereocenters. The standard InChI is InChI=1S/C20H23N3O2S.ClH/c21-11-17(13-5-6-13)22-19(25)16-8-9-26-20(16)23-18(24)15-7-4-12-2-1-3-14(12)10-15;/h4,7-10,13,17H,1-3,5-6,11,21H2,(H,22,25)(H,23,24);1H. The Morgan fingerprint density at radius 3 is 2.67 bits per heavy atom. The highest BCUT2D eigenvalue weighted by atomic mass is 35.5. The summed E-state index contributed by atoms with van der Waals surface area (Å²) in [5.74, 6) is 0.152. The minimum Gasteiger partial charge on any atom is -0.348 e. The summed E-state index contributed by atoms with van der Waals surface area (Å²) in [7, 11) is 0. The third-order valence-electron chi connectivity index (χ3n) is 5.26. The number of benzene rings is 1. The van der Waals surface area contributed by atoms with Crippen LogP contribution in [0.15, 0.2) is 29.6 Å². The number of halogens is 1. The molecular weight excluding hydrogens is 382 g/mol. The van der Waals surface area contributed by atoms with Crippen molar-refractivity contribution in [1.29, 1.82) is 0 Å². The molecule has 4 rings (SSSR count). The van der Waals surface area contributed by atoms with Crippen molar-refractivity contribution in [2.75, 3.05) is 11.9 Å². The minimum absolute atomic E-state index is 0. The molecule has 4 N–H and O–H groups in total. The molecule has 5 nitrogen and oxygen atoms in total. The molecule has 2 aliphatic rings. The van der Waals surface area contributed by atoms with Gasteiger partial charge in [-0.2, -0.15) is 0 Å². The van der Waals surface area contributed by atoms with Gasteiger partial charge in [0.2, 0.25) is 0 Å². The number of hydrogen-bond acceptors (Lipinski definition) is 4. The van der Waals surface area contributed by atoms with Crippen molar-refractivity contribution < 1.29 is 9.59 Å². The van der Waals surface area contributed by atoms with Gasteiger partial charge in [-0.15, -0.1) is 23.7 Å². The summed E-state index contributed by atoms with van der Waals surface area (Å²) < 4.78 is 0. The first kappa shape index (κ1) is 19.9. The van der Waals surface area contributed by atoms with Crippen LogP contribution in [0.5, 0.6) is 0 Å². The zero-order valence-electron chi connectivity index (χ0n) is 15.0. The summed E-state index contributed by atoms with van der Waals surface area (Å²) in [6.07, 6.45) is 5.51. The molecule has 0 saturated heterocycles. The topological polar surface area (TPSA) is 84.2 Å². The number of rotatable bonds is 6. The molecule has 1 heterocycles. The number of amides is 2. The fraction of sp³-hybridized carbons (Fsp3) is 0.400. The van der Waals surface area contributed by atoms with Crippen molar-refractivity contribution in [3.8, 4) is 0 Å². The van der Waals surface area contributed by atoms with Gasteiger partial charge in [0.05, 0.1) is 5.56 Å². The molecule has 2 aliphatic carbocycles. The second kappa shape index (κ2) is 8.42. The molecule has 0 aliphatic heterocycles. The van der Waals surface area contributed by atoms with E-state index in [0.29, 0.717) is 28.6 Å². The van der Waals surface area contributed by atoms with E-state index in [-0.39, 0.29) is 30.3 Å². The summed E-state index contributed by atoms with van der Waals surface area (Å²) in [4.78, 5) is 25.2. The van der Waals surface area contributed by atoms with Crippen molar-refractivity contribution in [3.63, 3.8) is 0 Å². The van der Waals surface area contributed by atoms with Gasteiger partial charge in [0.25, 0.3) is 11.8 Å². The van der Waals surface area contributed by atoms with Crippen LogP contribution in [0, 0.1) is 5.92 Å². The average Bonchev–Trinajstić information content (AvgIpc) is 3.19. The van der Waals surface area contributed by atoms with Gasteiger partial charge in [-0.25, -0.2) is 0 Å². The van der Waals surface area contributed by atoms with Crippen molar-refractivity contribution in [1.82, 2.24) is 5.32 Å². The van der Waals surface area contributed by atoms with Crippen LogP contribution >= 0.6 is 23.7 Å². The van der Waals surface area contributed by atoms with Crippen LogP contribution in [-0.2, 0) is 12.8 Å². The van der Waals surface area contributed by atoms with Crippen LogP contribution in [0.25, 0.3) is 0 Å². The van der Waals surface area contributed by atoms with Gasteiger partial charge in [0.1, 0.15) is 5.00 Å². The summed E-state index contributed by atoms with van der Waals surface area (Å²) in [5.41, 5.74) is 9.52. The van der Waals surface area contributed by atoms with Crippen LogP contribution in [0.1, 0.15) is 51.1 Å². The molecule has 27 heavy (non-hydrogen) atoms. The monoisotopic (exact) mass is 405 g/mol. The van der Waals surface area contributed by atoms with E-state index in [0.717, 1.165) is 32.1 Å². The summed E-state index contributed by atoms with van der Waals surface area (Å²) in [6.45, 7) is 0.442.